The minimum absolute atomic E-state index is 0.142. The zero-order valence-electron chi connectivity index (χ0n) is 23.6. The number of aryl methyl sites for hydroxylation is 1. The van der Waals surface area contributed by atoms with Crippen molar-refractivity contribution in [3.8, 4) is 17.5 Å². The number of hydrogen-bond donors (Lipinski definition) is 3. The van der Waals surface area contributed by atoms with Crippen LogP contribution in [0.25, 0.3) is 5.69 Å². The zero-order chi connectivity index (χ0) is 29.8. The highest BCUT2D eigenvalue weighted by atomic mass is 35.5. The first-order valence-electron chi connectivity index (χ1n) is 13.6. The van der Waals surface area contributed by atoms with Crippen molar-refractivity contribution in [2.45, 2.75) is 71.9 Å². The molecule has 2 aromatic carbocycles. The lowest BCUT2D eigenvalue weighted by molar-refractivity contribution is -0.164. The second-order valence-electron chi connectivity index (χ2n) is 11.6. The Kier molecular flexibility index (Phi) is 9.00. The van der Waals surface area contributed by atoms with Gasteiger partial charge in [0.1, 0.15) is 17.9 Å². The Balaban J connectivity index is 1.33. The van der Waals surface area contributed by atoms with E-state index in [2.05, 4.69) is 49.4 Å². The molecule has 0 bridgehead atoms. The van der Waals surface area contributed by atoms with Crippen molar-refractivity contribution in [1.29, 1.82) is 5.26 Å². The number of rotatable bonds is 11. The molecule has 10 nitrogen and oxygen atoms in total. The number of nitriles is 1. The Morgan fingerprint density at radius 3 is 2.44 bits per heavy atom. The smallest absolute Gasteiger partial charge is 0.251 e. The molecule has 1 fully saturated rings. The lowest BCUT2D eigenvalue weighted by Gasteiger charge is -2.63. The van der Waals surface area contributed by atoms with Crippen molar-refractivity contribution in [2.75, 3.05) is 0 Å². The van der Waals surface area contributed by atoms with Crippen molar-refractivity contribution in [3.63, 3.8) is 0 Å². The molecule has 1 aliphatic rings. The van der Waals surface area contributed by atoms with Crippen LogP contribution in [0.1, 0.15) is 75.0 Å². The molecule has 0 saturated heterocycles. The number of aromatic nitrogens is 3. The van der Waals surface area contributed by atoms with E-state index in [1.807, 2.05) is 18.3 Å². The Bertz CT molecular complexity index is 1430. The number of carbonyl (C=O) groups excluding carboxylic acids is 2. The molecule has 0 spiro atoms. The monoisotopic (exact) mass is 578 g/mol. The third-order valence-corrected chi connectivity index (χ3v) is 8.14. The summed E-state index contributed by atoms with van der Waals surface area (Å²) in [7, 11) is 0. The molecule has 1 aromatic heterocycles. The van der Waals surface area contributed by atoms with Crippen molar-refractivity contribution in [1.82, 2.24) is 25.8 Å². The molecule has 1 aliphatic carbocycles. The molecule has 216 valence electrons. The van der Waals surface area contributed by atoms with Gasteiger partial charge in [0.05, 0.1) is 28.2 Å². The molecule has 0 unspecified atom stereocenters. The van der Waals surface area contributed by atoms with Crippen molar-refractivity contribution >= 4 is 23.4 Å². The maximum absolute atomic E-state index is 13.2. The maximum Gasteiger partial charge on any atom is 0.251 e. The van der Waals surface area contributed by atoms with Crippen LogP contribution in [-0.4, -0.2) is 44.2 Å². The number of ether oxygens (including phenoxy) is 1. The van der Waals surface area contributed by atoms with E-state index in [1.165, 1.54) is 0 Å². The number of benzene rings is 2. The molecule has 41 heavy (non-hydrogen) atoms. The molecule has 4 rings (SSSR count). The molecular formula is C30H35ClN6O4. The van der Waals surface area contributed by atoms with Crippen LogP contribution in [0.15, 0.2) is 48.7 Å². The first-order valence-corrected chi connectivity index (χ1v) is 14.0. The number of nitrogens with zero attached hydrogens (tertiary/aromatic N) is 4. The van der Waals surface area contributed by atoms with Gasteiger partial charge in [-0.2, -0.15) is 5.26 Å². The Labute approximate surface area is 244 Å². The average Bonchev–Trinajstić information content (AvgIpc) is 3.43. The maximum atomic E-state index is 13.2. The number of carbonyl (C=O) groups is 2. The molecule has 0 radical (unpaired) electrons. The largest absolute Gasteiger partial charge is 0.489 e. The molecule has 2 amide bonds. The Morgan fingerprint density at radius 1 is 1.10 bits per heavy atom. The van der Waals surface area contributed by atoms with Crippen molar-refractivity contribution in [3.05, 3.63) is 70.5 Å². The van der Waals surface area contributed by atoms with Crippen molar-refractivity contribution < 1.29 is 19.5 Å². The van der Waals surface area contributed by atoms with Gasteiger partial charge in [-0.05, 0) is 55.7 Å². The van der Waals surface area contributed by atoms with E-state index >= 15 is 0 Å². The van der Waals surface area contributed by atoms with Gasteiger partial charge < -0.3 is 10.1 Å². The summed E-state index contributed by atoms with van der Waals surface area (Å²) in [5.74, 6) is 0.0393. The number of amides is 2. The number of halogens is 1. The summed E-state index contributed by atoms with van der Waals surface area (Å²) in [5, 5.41) is 29.6. The highest BCUT2D eigenvalue weighted by molar-refractivity contribution is 6.31. The van der Waals surface area contributed by atoms with Gasteiger partial charge in [-0.3, -0.25) is 14.8 Å². The van der Waals surface area contributed by atoms with Crippen LogP contribution in [0.2, 0.25) is 5.02 Å². The second-order valence-corrected chi connectivity index (χ2v) is 12.0. The van der Waals surface area contributed by atoms with E-state index in [1.54, 1.807) is 40.5 Å². The third kappa shape index (κ3) is 6.53. The third-order valence-electron chi connectivity index (χ3n) is 7.83. The first-order chi connectivity index (χ1) is 19.5. The second kappa shape index (κ2) is 12.3. The molecular weight excluding hydrogens is 544 g/mol. The van der Waals surface area contributed by atoms with Gasteiger partial charge in [0, 0.05) is 34.9 Å². The fourth-order valence-electron chi connectivity index (χ4n) is 5.94. The van der Waals surface area contributed by atoms with Crippen molar-refractivity contribution in [2.24, 2.45) is 10.8 Å². The summed E-state index contributed by atoms with van der Waals surface area (Å²) < 4.78 is 7.98. The molecule has 1 saturated carbocycles. The van der Waals surface area contributed by atoms with Crippen LogP contribution in [-0.2, 0) is 11.2 Å². The van der Waals surface area contributed by atoms with E-state index in [0.717, 1.165) is 30.6 Å². The summed E-state index contributed by atoms with van der Waals surface area (Å²) in [6, 6.07) is 14.1. The molecule has 1 heterocycles. The summed E-state index contributed by atoms with van der Waals surface area (Å²) in [5.41, 5.74) is 3.48. The normalized spacial score (nSPS) is 18.6. The number of hydroxylamine groups is 1. The topological polar surface area (TPSA) is 142 Å². The molecule has 3 aromatic rings. The minimum Gasteiger partial charge on any atom is -0.489 e. The van der Waals surface area contributed by atoms with Crippen LogP contribution in [0.5, 0.6) is 5.75 Å². The molecule has 11 heteroatoms. The molecule has 0 atom stereocenters. The summed E-state index contributed by atoms with van der Waals surface area (Å²) in [6.45, 7) is 8.26. The van der Waals surface area contributed by atoms with Crippen LogP contribution in [0.4, 0.5) is 0 Å². The van der Waals surface area contributed by atoms with Crippen LogP contribution in [0.3, 0.4) is 0 Å². The number of unbranched alkanes of at least 4 members (excludes halogenated alkanes) is 2. The fourth-order valence-corrected chi connectivity index (χ4v) is 6.15. The lowest BCUT2D eigenvalue weighted by atomic mass is 9.49. The van der Waals surface area contributed by atoms with Gasteiger partial charge in [-0.15, -0.1) is 5.10 Å². The highest BCUT2D eigenvalue weighted by Crippen LogP contribution is 2.55. The number of hydrogen-bond acceptors (Lipinski definition) is 7. The first kappa shape index (κ1) is 30.0. The zero-order valence-corrected chi connectivity index (χ0v) is 24.4. The predicted octanol–water partition coefficient (Wildman–Crippen LogP) is 5.01. The van der Waals surface area contributed by atoms with Gasteiger partial charge in [0.25, 0.3) is 5.91 Å². The Hall–Kier alpha value is -3.94. The highest BCUT2D eigenvalue weighted by Gasteiger charge is 2.64. The summed E-state index contributed by atoms with van der Waals surface area (Å²) in [6.07, 6.45) is 5.09. The summed E-state index contributed by atoms with van der Waals surface area (Å²) in [4.78, 5) is 24.3. The lowest BCUT2D eigenvalue weighted by Crippen LogP contribution is -2.74. The minimum atomic E-state index is -0.378. The standard InChI is InChI=1S/C30H35ClN6O4/c1-29(2)27(30(3,4)28(29)41-23-15-12-20(17-32)24(31)16-23)33-26(39)19-10-13-22(14-11-19)37-18-21(34-36-37)8-6-5-7-9-25(38)35-40/h10-16,18,27-28,40H,5-9H2,1-4H3,(H,33,39)(H,35,38). The quantitative estimate of drug-likeness (QED) is 0.165. The van der Waals surface area contributed by atoms with Crippen LogP contribution < -0.4 is 15.5 Å². The van der Waals surface area contributed by atoms with Gasteiger partial charge in [-0.1, -0.05) is 50.9 Å². The van der Waals surface area contributed by atoms with E-state index in [-0.39, 0.29) is 34.8 Å². The summed E-state index contributed by atoms with van der Waals surface area (Å²) >= 11 is 6.19. The van der Waals surface area contributed by atoms with Gasteiger partial charge in [-0.25, -0.2) is 10.2 Å². The Morgan fingerprint density at radius 2 is 1.80 bits per heavy atom. The number of nitrogens with one attached hydrogen (secondary N) is 2. The van der Waals surface area contributed by atoms with Crippen LogP contribution in [0, 0.1) is 22.2 Å². The van der Waals surface area contributed by atoms with Gasteiger partial charge in [0.2, 0.25) is 5.91 Å². The molecule has 0 aliphatic heterocycles. The SMILES string of the molecule is CC1(C)C(NC(=O)c2ccc(-n3cc(CCCCCC(=O)NO)nn3)cc2)C(C)(C)C1Oc1ccc(C#N)c(Cl)c1. The van der Waals surface area contributed by atoms with Gasteiger partial charge >= 0.3 is 0 Å². The van der Waals surface area contributed by atoms with Gasteiger partial charge in [0.15, 0.2) is 0 Å². The van der Waals surface area contributed by atoms with Crippen LogP contribution >= 0.6 is 11.6 Å². The van der Waals surface area contributed by atoms with E-state index in [9.17, 15) is 9.59 Å². The van der Waals surface area contributed by atoms with E-state index < -0.39 is 0 Å². The van der Waals surface area contributed by atoms with E-state index in [4.69, 9.17) is 26.8 Å². The predicted molar refractivity (Wildman–Crippen MR) is 153 cm³/mol. The van der Waals surface area contributed by atoms with E-state index in [0.29, 0.717) is 34.7 Å². The fraction of sp³-hybridized carbons (Fsp3) is 0.433. The molecule has 3 N–H and O–H groups in total. The average molecular weight is 579 g/mol.